The van der Waals surface area contributed by atoms with E-state index in [1.807, 2.05) is 19.0 Å². The van der Waals surface area contributed by atoms with Crippen LogP contribution in [0.5, 0.6) is 0 Å². The molecule has 74 valence electrons. The van der Waals surface area contributed by atoms with E-state index < -0.39 is 6.10 Å². The van der Waals surface area contributed by atoms with Gasteiger partial charge in [0.1, 0.15) is 0 Å². The Balaban J connectivity index is 4.44. The van der Waals surface area contributed by atoms with Gasteiger partial charge in [0.05, 0.1) is 6.10 Å². The number of aliphatic hydroxyl groups is 1. The summed E-state index contributed by atoms with van der Waals surface area (Å²) in [6, 6.07) is 0.113. The quantitative estimate of drug-likeness (QED) is 0.646. The van der Waals surface area contributed by atoms with Crippen LogP contribution in [0.1, 0.15) is 20.8 Å². The molecular weight excluding hydrogens is 152 g/mol. The van der Waals surface area contributed by atoms with Gasteiger partial charge in [-0.05, 0) is 19.5 Å². The Morgan fingerprint density at radius 2 is 1.75 bits per heavy atom. The minimum Gasteiger partial charge on any atom is -0.390 e. The summed E-state index contributed by atoms with van der Waals surface area (Å²) in [7, 11) is 3.93. The van der Waals surface area contributed by atoms with Crippen LogP contribution >= 0.6 is 0 Å². The summed E-state index contributed by atoms with van der Waals surface area (Å²) in [6.07, 6.45) is -0.444. The van der Waals surface area contributed by atoms with Crippen molar-refractivity contribution in [3.05, 3.63) is 0 Å². The molecule has 3 N–H and O–H groups in total. The number of rotatable bonds is 3. The van der Waals surface area contributed by atoms with Crippen molar-refractivity contribution >= 4 is 0 Å². The van der Waals surface area contributed by atoms with Gasteiger partial charge in [-0.25, -0.2) is 0 Å². The lowest BCUT2D eigenvalue weighted by Crippen LogP contribution is -2.50. The van der Waals surface area contributed by atoms with E-state index in [4.69, 9.17) is 5.73 Å². The lowest BCUT2D eigenvalue weighted by molar-refractivity contribution is 0.0196. The van der Waals surface area contributed by atoms with Crippen LogP contribution in [-0.2, 0) is 0 Å². The molecule has 12 heavy (non-hydrogen) atoms. The van der Waals surface area contributed by atoms with Gasteiger partial charge in [-0.15, -0.1) is 0 Å². The maximum absolute atomic E-state index is 9.66. The molecule has 3 heteroatoms. The van der Waals surface area contributed by atoms with E-state index in [0.717, 1.165) is 0 Å². The van der Waals surface area contributed by atoms with Crippen LogP contribution in [0.2, 0.25) is 0 Å². The topological polar surface area (TPSA) is 49.5 Å². The first kappa shape index (κ1) is 11.9. The molecule has 2 atom stereocenters. The first-order valence-electron chi connectivity index (χ1n) is 4.35. The lowest BCUT2D eigenvalue weighted by atomic mass is 9.82. The average molecular weight is 174 g/mol. The molecule has 3 nitrogen and oxygen atoms in total. The largest absolute Gasteiger partial charge is 0.390 e. The number of nitrogens with zero attached hydrogens (tertiary/aromatic N) is 1. The van der Waals surface area contributed by atoms with Crippen LogP contribution < -0.4 is 5.73 Å². The van der Waals surface area contributed by atoms with Gasteiger partial charge < -0.3 is 15.7 Å². The molecule has 0 spiro atoms. The molecule has 0 aromatic rings. The van der Waals surface area contributed by atoms with E-state index in [2.05, 4.69) is 20.8 Å². The van der Waals surface area contributed by atoms with Crippen molar-refractivity contribution in [3.63, 3.8) is 0 Å². The Morgan fingerprint density at radius 3 is 1.83 bits per heavy atom. The monoisotopic (exact) mass is 174 g/mol. The van der Waals surface area contributed by atoms with Gasteiger partial charge in [0.2, 0.25) is 0 Å². The molecule has 0 aliphatic heterocycles. The van der Waals surface area contributed by atoms with Crippen LogP contribution in [0.4, 0.5) is 0 Å². The van der Waals surface area contributed by atoms with Crippen LogP contribution in [0.25, 0.3) is 0 Å². The van der Waals surface area contributed by atoms with E-state index in [1.54, 1.807) is 0 Å². The predicted octanol–water partition coefficient (Wildman–Crippen LogP) is 0.282. The van der Waals surface area contributed by atoms with Gasteiger partial charge in [-0.1, -0.05) is 20.8 Å². The van der Waals surface area contributed by atoms with Gasteiger partial charge in [-0.2, -0.15) is 0 Å². The highest BCUT2D eigenvalue weighted by Crippen LogP contribution is 2.25. The minimum atomic E-state index is -0.444. The molecule has 0 amide bonds. The van der Waals surface area contributed by atoms with E-state index in [1.165, 1.54) is 0 Å². The van der Waals surface area contributed by atoms with Gasteiger partial charge >= 0.3 is 0 Å². The summed E-state index contributed by atoms with van der Waals surface area (Å²) >= 11 is 0. The van der Waals surface area contributed by atoms with Crippen molar-refractivity contribution < 1.29 is 5.11 Å². The highest BCUT2D eigenvalue weighted by atomic mass is 16.3. The Bertz CT molecular complexity index is 129. The third kappa shape index (κ3) is 3.09. The zero-order chi connectivity index (χ0) is 9.94. The number of hydrogen-bond donors (Lipinski definition) is 2. The number of aliphatic hydroxyl groups excluding tert-OH is 1. The molecule has 0 saturated heterocycles. The zero-order valence-electron chi connectivity index (χ0n) is 8.83. The molecule has 0 heterocycles. The molecule has 0 saturated carbocycles. The second-order valence-corrected chi connectivity index (χ2v) is 4.58. The smallest absolute Gasteiger partial charge is 0.0822 e. The molecular formula is C9H22N2O. The van der Waals surface area contributed by atoms with Gasteiger partial charge in [-0.3, -0.25) is 0 Å². The fraction of sp³-hybridized carbons (Fsp3) is 1.00. The molecule has 0 bridgehead atoms. The molecule has 0 fully saturated rings. The normalized spacial score (nSPS) is 18.0. The standard InChI is InChI=1S/C9H22N2O/c1-9(2,3)8(11(4)5)7(12)6-10/h7-8,12H,6,10H2,1-5H3. The minimum absolute atomic E-state index is 0.0578. The SMILES string of the molecule is CN(C)C(C(O)CN)C(C)(C)C. The number of nitrogens with two attached hydrogens (primary N) is 1. The third-order valence-electron chi connectivity index (χ3n) is 2.05. The molecule has 0 radical (unpaired) electrons. The lowest BCUT2D eigenvalue weighted by Gasteiger charge is -2.38. The zero-order valence-corrected chi connectivity index (χ0v) is 8.83. The van der Waals surface area contributed by atoms with Crippen molar-refractivity contribution in [1.82, 2.24) is 4.90 Å². The molecule has 2 unspecified atom stereocenters. The summed E-state index contributed by atoms with van der Waals surface area (Å²) in [5.41, 5.74) is 5.49. The van der Waals surface area contributed by atoms with E-state index in [9.17, 15) is 5.11 Å². The highest BCUT2D eigenvalue weighted by Gasteiger charge is 2.31. The van der Waals surface area contributed by atoms with Crippen molar-refractivity contribution in [2.45, 2.75) is 32.9 Å². The average Bonchev–Trinajstić information content (AvgIpc) is 1.83. The van der Waals surface area contributed by atoms with Crippen molar-refractivity contribution in [3.8, 4) is 0 Å². The van der Waals surface area contributed by atoms with Crippen molar-refractivity contribution in [2.75, 3.05) is 20.6 Å². The van der Waals surface area contributed by atoms with Crippen LogP contribution in [0.15, 0.2) is 0 Å². The van der Waals surface area contributed by atoms with Gasteiger partial charge in [0.15, 0.2) is 0 Å². The summed E-state index contributed by atoms with van der Waals surface area (Å²) in [4.78, 5) is 2.03. The second-order valence-electron chi connectivity index (χ2n) is 4.58. The molecule has 0 aliphatic rings. The highest BCUT2D eigenvalue weighted by molar-refractivity contribution is 4.86. The maximum Gasteiger partial charge on any atom is 0.0822 e. The first-order valence-corrected chi connectivity index (χ1v) is 4.35. The van der Waals surface area contributed by atoms with Gasteiger partial charge in [0.25, 0.3) is 0 Å². The Kier molecular flexibility index (Phi) is 4.17. The fourth-order valence-electron chi connectivity index (χ4n) is 1.82. The van der Waals surface area contributed by atoms with Gasteiger partial charge in [0, 0.05) is 12.6 Å². The fourth-order valence-corrected chi connectivity index (χ4v) is 1.82. The van der Waals surface area contributed by atoms with Crippen LogP contribution in [-0.4, -0.2) is 42.8 Å². The molecule has 0 aliphatic carbocycles. The van der Waals surface area contributed by atoms with E-state index in [0.29, 0.717) is 6.54 Å². The molecule has 0 aromatic carbocycles. The Labute approximate surface area is 75.6 Å². The summed E-state index contributed by atoms with van der Waals surface area (Å²) in [5, 5.41) is 9.66. The summed E-state index contributed by atoms with van der Waals surface area (Å²) < 4.78 is 0. The van der Waals surface area contributed by atoms with E-state index in [-0.39, 0.29) is 11.5 Å². The Hall–Kier alpha value is -0.120. The van der Waals surface area contributed by atoms with E-state index >= 15 is 0 Å². The summed E-state index contributed by atoms with van der Waals surface area (Å²) in [6.45, 7) is 6.64. The van der Waals surface area contributed by atoms with Crippen molar-refractivity contribution in [2.24, 2.45) is 11.1 Å². The number of likely N-dealkylation sites (N-methyl/N-ethyl adjacent to an activating group) is 1. The second kappa shape index (κ2) is 4.21. The van der Waals surface area contributed by atoms with Crippen LogP contribution in [0.3, 0.4) is 0 Å². The molecule has 0 aromatic heterocycles. The first-order chi connectivity index (χ1) is 5.30. The summed E-state index contributed by atoms with van der Waals surface area (Å²) in [5.74, 6) is 0. The van der Waals surface area contributed by atoms with Crippen LogP contribution in [0, 0.1) is 5.41 Å². The Morgan fingerprint density at radius 1 is 1.33 bits per heavy atom. The molecule has 0 rings (SSSR count). The number of hydrogen-bond acceptors (Lipinski definition) is 3. The van der Waals surface area contributed by atoms with Crippen molar-refractivity contribution in [1.29, 1.82) is 0 Å². The predicted molar refractivity (Wildman–Crippen MR) is 52.0 cm³/mol. The maximum atomic E-state index is 9.66. The third-order valence-corrected chi connectivity index (χ3v) is 2.05.